The first-order valence-corrected chi connectivity index (χ1v) is 12.5. The molecule has 1 atom stereocenters. The molecule has 3 heterocycles. The maximum atomic E-state index is 12.9. The summed E-state index contributed by atoms with van der Waals surface area (Å²) >= 11 is 0. The minimum absolute atomic E-state index is 0.0527. The molecule has 1 aliphatic rings. The van der Waals surface area contributed by atoms with Gasteiger partial charge in [-0.2, -0.15) is 4.98 Å². The fraction of sp³-hybridized carbons (Fsp3) is 0.370. The molecule has 1 saturated heterocycles. The highest BCUT2D eigenvalue weighted by atomic mass is 16.5. The highest BCUT2D eigenvalue weighted by molar-refractivity contribution is 5.74. The van der Waals surface area contributed by atoms with Gasteiger partial charge in [-0.15, -0.1) is 0 Å². The van der Waals surface area contributed by atoms with E-state index in [0.717, 1.165) is 25.2 Å². The molecule has 1 fully saturated rings. The van der Waals surface area contributed by atoms with E-state index in [1.54, 1.807) is 11.6 Å². The summed E-state index contributed by atoms with van der Waals surface area (Å²) in [5, 5.41) is 10.9. The minimum atomic E-state index is -0.896. The van der Waals surface area contributed by atoms with E-state index in [1.165, 1.54) is 10.1 Å². The number of aromatic nitrogens is 4. The number of ether oxygens (including phenoxy) is 1. The third-order valence-corrected chi connectivity index (χ3v) is 6.72. The zero-order valence-electron chi connectivity index (χ0n) is 21.1. The third kappa shape index (κ3) is 5.45. The molecule has 0 saturated carbocycles. The first-order valence-electron chi connectivity index (χ1n) is 12.5. The van der Waals surface area contributed by atoms with Gasteiger partial charge in [-0.05, 0) is 30.2 Å². The van der Waals surface area contributed by atoms with Gasteiger partial charge in [-0.1, -0.05) is 42.5 Å². The molecule has 2 N–H and O–H groups in total. The number of anilines is 1. The van der Waals surface area contributed by atoms with E-state index in [1.807, 2.05) is 49.4 Å². The molecule has 0 amide bonds. The van der Waals surface area contributed by atoms with E-state index < -0.39 is 17.4 Å². The van der Waals surface area contributed by atoms with Crippen LogP contribution < -0.4 is 20.9 Å². The van der Waals surface area contributed by atoms with Crippen molar-refractivity contribution in [2.24, 2.45) is 7.05 Å². The summed E-state index contributed by atoms with van der Waals surface area (Å²) in [6.45, 7) is 6.06. The number of piperazine rings is 1. The summed E-state index contributed by atoms with van der Waals surface area (Å²) in [4.78, 5) is 36.7. The molecule has 4 aromatic rings. The molecule has 1 aliphatic heterocycles. The van der Waals surface area contributed by atoms with Crippen LogP contribution in [0.2, 0.25) is 0 Å². The van der Waals surface area contributed by atoms with Crippen LogP contribution in [-0.4, -0.2) is 68.0 Å². The number of nitrogens with zero attached hydrogens (tertiary/aromatic N) is 5. The molecule has 10 nitrogen and oxygen atoms in total. The SMILES string of the molecule is Cc1cccc(OCC(O)Cn2c(N3CCN(Cc4ccccc4)CC3)nc3c2c(=O)[nH]c(=O)n3C)c1. The lowest BCUT2D eigenvalue weighted by Crippen LogP contribution is -2.47. The van der Waals surface area contributed by atoms with E-state index >= 15 is 0 Å². The van der Waals surface area contributed by atoms with E-state index in [2.05, 4.69) is 26.9 Å². The van der Waals surface area contributed by atoms with Gasteiger partial charge < -0.3 is 19.3 Å². The van der Waals surface area contributed by atoms with E-state index in [4.69, 9.17) is 9.72 Å². The Morgan fingerprint density at radius 3 is 2.54 bits per heavy atom. The van der Waals surface area contributed by atoms with Crippen molar-refractivity contribution >= 4 is 17.1 Å². The number of aliphatic hydroxyl groups excluding tert-OH is 1. The van der Waals surface area contributed by atoms with E-state index in [9.17, 15) is 14.7 Å². The lowest BCUT2D eigenvalue weighted by atomic mass is 10.2. The van der Waals surface area contributed by atoms with Gasteiger partial charge in [0.15, 0.2) is 11.2 Å². The van der Waals surface area contributed by atoms with Crippen LogP contribution in [-0.2, 0) is 20.1 Å². The Morgan fingerprint density at radius 2 is 1.81 bits per heavy atom. The smallest absolute Gasteiger partial charge is 0.329 e. The van der Waals surface area contributed by atoms with Gasteiger partial charge in [0.2, 0.25) is 5.95 Å². The number of aryl methyl sites for hydroxylation is 2. The van der Waals surface area contributed by atoms with Crippen LogP contribution in [0.1, 0.15) is 11.1 Å². The lowest BCUT2D eigenvalue weighted by molar-refractivity contribution is 0.0935. The summed E-state index contributed by atoms with van der Waals surface area (Å²) in [5.74, 6) is 1.24. The normalized spacial score (nSPS) is 15.3. The number of fused-ring (bicyclic) bond motifs is 1. The largest absolute Gasteiger partial charge is 0.491 e. The molecule has 2 aromatic heterocycles. The van der Waals surface area contributed by atoms with Crippen LogP contribution in [0, 0.1) is 6.92 Å². The maximum absolute atomic E-state index is 12.9. The Bertz CT molecular complexity index is 1480. The first-order chi connectivity index (χ1) is 17.9. The molecule has 2 aromatic carbocycles. The predicted octanol–water partition coefficient (Wildman–Crippen LogP) is 1.49. The van der Waals surface area contributed by atoms with Crippen LogP contribution in [0.4, 0.5) is 5.95 Å². The third-order valence-electron chi connectivity index (χ3n) is 6.72. The Balaban J connectivity index is 1.38. The van der Waals surface area contributed by atoms with Gasteiger partial charge in [-0.25, -0.2) is 4.79 Å². The van der Waals surface area contributed by atoms with Crippen LogP contribution in [0.3, 0.4) is 0 Å². The standard InChI is InChI=1S/C27H32N6O4/c1-19-7-6-10-22(15-19)37-18-21(34)17-33-23-24(30(2)27(36)29-25(23)35)28-26(33)32-13-11-31(12-14-32)16-20-8-4-3-5-9-20/h3-10,15,21,34H,11-14,16-18H2,1-2H3,(H,29,35,36). The number of aliphatic hydroxyl groups is 1. The second-order valence-corrected chi connectivity index (χ2v) is 9.54. The van der Waals surface area contributed by atoms with Gasteiger partial charge in [0, 0.05) is 39.8 Å². The Kier molecular flexibility index (Phi) is 7.11. The van der Waals surface area contributed by atoms with Crippen molar-refractivity contribution in [3.05, 3.63) is 86.6 Å². The number of aromatic amines is 1. The fourth-order valence-corrected chi connectivity index (χ4v) is 4.75. The maximum Gasteiger partial charge on any atom is 0.329 e. The van der Waals surface area contributed by atoms with Crippen molar-refractivity contribution in [2.75, 3.05) is 37.7 Å². The van der Waals surface area contributed by atoms with Gasteiger partial charge >= 0.3 is 5.69 Å². The quantitative estimate of drug-likeness (QED) is 0.374. The number of hydrogen-bond donors (Lipinski definition) is 2. The molecular weight excluding hydrogens is 472 g/mol. The zero-order chi connectivity index (χ0) is 25.9. The predicted molar refractivity (Wildman–Crippen MR) is 142 cm³/mol. The van der Waals surface area contributed by atoms with Gasteiger partial charge in [-0.3, -0.25) is 19.2 Å². The molecule has 5 rings (SSSR count). The molecule has 0 bridgehead atoms. The van der Waals surface area contributed by atoms with Gasteiger partial charge in [0.25, 0.3) is 5.56 Å². The molecule has 194 valence electrons. The summed E-state index contributed by atoms with van der Waals surface area (Å²) < 4.78 is 8.84. The van der Waals surface area contributed by atoms with Crippen molar-refractivity contribution in [2.45, 2.75) is 26.1 Å². The van der Waals surface area contributed by atoms with Crippen LogP contribution >= 0.6 is 0 Å². The summed E-state index contributed by atoms with van der Waals surface area (Å²) in [6, 6.07) is 18.0. The number of nitrogens with one attached hydrogen (secondary N) is 1. The van der Waals surface area contributed by atoms with Crippen LogP contribution in [0.15, 0.2) is 64.2 Å². The average molecular weight is 505 g/mol. The number of H-pyrrole nitrogens is 1. The topological polar surface area (TPSA) is 109 Å². The first kappa shape index (κ1) is 24.8. The summed E-state index contributed by atoms with van der Waals surface area (Å²) in [5.41, 5.74) is 1.84. The van der Waals surface area contributed by atoms with Crippen molar-refractivity contribution in [1.82, 2.24) is 24.0 Å². The molecule has 0 aliphatic carbocycles. The molecule has 0 spiro atoms. The molecular formula is C27H32N6O4. The van der Waals surface area contributed by atoms with Crippen molar-refractivity contribution in [3.63, 3.8) is 0 Å². The van der Waals surface area contributed by atoms with E-state index in [-0.39, 0.29) is 18.7 Å². The van der Waals surface area contributed by atoms with Gasteiger partial charge in [0.1, 0.15) is 18.5 Å². The lowest BCUT2D eigenvalue weighted by Gasteiger charge is -2.35. The highest BCUT2D eigenvalue weighted by Gasteiger charge is 2.26. The Morgan fingerprint density at radius 1 is 1.05 bits per heavy atom. The Hall–Kier alpha value is -3.89. The average Bonchev–Trinajstić information content (AvgIpc) is 3.27. The van der Waals surface area contributed by atoms with Crippen molar-refractivity contribution < 1.29 is 9.84 Å². The monoisotopic (exact) mass is 504 g/mol. The molecule has 1 unspecified atom stereocenters. The fourth-order valence-electron chi connectivity index (χ4n) is 4.75. The number of hydrogen-bond acceptors (Lipinski definition) is 7. The summed E-state index contributed by atoms with van der Waals surface area (Å²) in [7, 11) is 1.58. The molecule has 37 heavy (non-hydrogen) atoms. The number of rotatable bonds is 8. The van der Waals surface area contributed by atoms with Crippen molar-refractivity contribution in [1.29, 1.82) is 0 Å². The molecule has 10 heteroatoms. The van der Waals surface area contributed by atoms with Crippen LogP contribution in [0.5, 0.6) is 5.75 Å². The number of imidazole rings is 1. The Labute approximate surface area is 214 Å². The van der Waals surface area contributed by atoms with Crippen LogP contribution in [0.25, 0.3) is 11.2 Å². The van der Waals surface area contributed by atoms with Gasteiger partial charge in [0.05, 0.1) is 6.54 Å². The second kappa shape index (κ2) is 10.6. The summed E-state index contributed by atoms with van der Waals surface area (Å²) in [6.07, 6.45) is -0.896. The second-order valence-electron chi connectivity index (χ2n) is 9.54. The van der Waals surface area contributed by atoms with E-state index in [0.29, 0.717) is 30.4 Å². The van der Waals surface area contributed by atoms with Crippen molar-refractivity contribution in [3.8, 4) is 5.75 Å². The zero-order valence-corrected chi connectivity index (χ0v) is 21.1. The highest BCUT2D eigenvalue weighted by Crippen LogP contribution is 2.22. The molecule has 0 radical (unpaired) electrons. The minimum Gasteiger partial charge on any atom is -0.491 e. The number of benzene rings is 2.